The first kappa shape index (κ1) is 24.1. The third-order valence-electron chi connectivity index (χ3n) is 7.88. The van der Waals surface area contributed by atoms with Gasteiger partial charge in [-0.05, 0) is 85.3 Å². The predicted molar refractivity (Wildman–Crippen MR) is 147 cm³/mol. The minimum Gasteiger partial charge on any atom is -0.282 e. The molecule has 1 aromatic carbocycles. The number of benzene rings is 1. The van der Waals surface area contributed by atoms with Crippen LogP contribution in [0.25, 0.3) is 5.57 Å². The lowest BCUT2D eigenvalue weighted by Crippen LogP contribution is -2.34. The quantitative estimate of drug-likeness (QED) is 0.165. The van der Waals surface area contributed by atoms with Crippen molar-refractivity contribution in [2.45, 2.75) is 58.3 Å². The number of allylic oxidation sites excluding steroid dienone is 4. The van der Waals surface area contributed by atoms with Crippen LogP contribution in [0, 0.1) is 34.5 Å². The second kappa shape index (κ2) is 10.2. The summed E-state index contributed by atoms with van der Waals surface area (Å²) < 4.78 is 0. The highest BCUT2D eigenvalue weighted by atomic mass is 14.9. The Hall–Kier alpha value is -3.58. The molecule has 36 heavy (non-hydrogen) atoms. The maximum atomic E-state index is 9.68. The molecular weight excluding hydrogens is 440 g/mol. The summed E-state index contributed by atoms with van der Waals surface area (Å²) in [6, 6.07) is 14.8. The Morgan fingerprint density at radius 3 is 2.64 bits per heavy atom. The van der Waals surface area contributed by atoms with Crippen LogP contribution in [0.2, 0.25) is 0 Å². The van der Waals surface area contributed by atoms with Crippen LogP contribution in [0.1, 0.15) is 80.7 Å². The molecule has 2 fully saturated rings. The van der Waals surface area contributed by atoms with Crippen molar-refractivity contribution < 1.29 is 0 Å². The third kappa shape index (κ3) is 4.75. The Morgan fingerprint density at radius 1 is 1.25 bits per heavy atom. The Balaban J connectivity index is 1.62. The molecule has 0 aliphatic heterocycles. The van der Waals surface area contributed by atoms with Gasteiger partial charge in [0.05, 0.1) is 11.8 Å². The molecule has 0 bridgehead atoms. The second-order valence-electron chi connectivity index (χ2n) is 10.4. The fourth-order valence-electron chi connectivity index (χ4n) is 5.82. The number of rotatable bonds is 7. The molecule has 3 atom stereocenters. The normalized spacial score (nSPS) is 23.1. The van der Waals surface area contributed by atoms with E-state index in [1.807, 2.05) is 25.3 Å². The van der Waals surface area contributed by atoms with E-state index in [-0.39, 0.29) is 11.8 Å². The molecule has 0 saturated heterocycles. The van der Waals surface area contributed by atoms with Crippen molar-refractivity contribution >= 4 is 17.1 Å². The summed E-state index contributed by atoms with van der Waals surface area (Å²) in [7, 11) is 0. The average Bonchev–Trinajstić information content (AvgIpc) is 3.83. The molecule has 4 heteroatoms. The van der Waals surface area contributed by atoms with Crippen molar-refractivity contribution in [3.05, 3.63) is 94.9 Å². The molecule has 1 heterocycles. The van der Waals surface area contributed by atoms with Gasteiger partial charge in [-0.3, -0.25) is 10.4 Å². The fourth-order valence-corrected chi connectivity index (χ4v) is 5.82. The van der Waals surface area contributed by atoms with Crippen molar-refractivity contribution in [1.82, 2.24) is 4.98 Å². The Bertz CT molecular complexity index is 1310. The van der Waals surface area contributed by atoms with E-state index in [0.717, 1.165) is 42.7 Å². The number of hydrogen-bond acceptors (Lipinski definition) is 3. The van der Waals surface area contributed by atoms with Crippen molar-refractivity contribution in [2.24, 2.45) is 22.7 Å². The largest absolute Gasteiger partial charge is 0.282 e. The van der Waals surface area contributed by atoms with Gasteiger partial charge in [-0.15, -0.1) is 6.58 Å². The number of amidine groups is 1. The highest BCUT2D eigenvalue weighted by molar-refractivity contribution is 6.21. The van der Waals surface area contributed by atoms with E-state index in [4.69, 9.17) is 10.4 Å². The van der Waals surface area contributed by atoms with Gasteiger partial charge >= 0.3 is 0 Å². The minimum atomic E-state index is -0.0302. The number of nitrogens with one attached hydrogen (secondary N) is 1. The summed E-state index contributed by atoms with van der Waals surface area (Å²) >= 11 is 0. The van der Waals surface area contributed by atoms with E-state index in [0.29, 0.717) is 23.3 Å². The van der Waals surface area contributed by atoms with Crippen molar-refractivity contribution in [1.29, 1.82) is 10.7 Å². The number of fused-ring (bicyclic) bond motifs is 1. The summed E-state index contributed by atoms with van der Waals surface area (Å²) in [5.41, 5.74) is 8.63. The van der Waals surface area contributed by atoms with Gasteiger partial charge < -0.3 is 0 Å². The lowest BCUT2D eigenvalue weighted by Gasteiger charge is -2.37. The van der Waals surface area contributed by atoms with Gasteiger partial charge in [0.2, 0.25) is 0 Å². The molecule has 0 spiro atoms. The number of hydrogen-bond donors (Lipinski definition) is 1. The number of nitrogens with zero attached hydrogens (tertiary/aromatic N) is 3. The molecular formula is C32H34N4. The molecule has 1 aromatic heterocycles. The van der Waals surface area contributed by atoms with Gasteiger partial charge in [0.25, 0.3) is 0 Å². The number of nitriles is 1. The topological polar surface area (TPSA) is 72.9 Å². The number of aromatic nitrogens is 1. The van der Waals surface area contributed by atoms with Crippen LogP contribution in [0.3, 0.4) is 0 Å². The summed E-state index contributed by atoms with van der Waals surface area (Å²) in [6.45, 7) is 8.25. The standard InChI is InChI=1S/C32H34N4/c1-4-8-21(5-2)24-13-14-27(30-25-9-6-7-10-26(25)30)31(28(24)17-20(3)19-33)36-32(34)23-15-16-35-29(18-23)22-11-12-22/h5-7,9-10,15-18,21-22,24,28,34H,2,4,8,11-14H2,1,3H3/b20-17+,34-32?,36-31?. The van der Waals surface area contributed by atoms with Crippen LogP contribution in [0.15, 0.2) is 77.5 Å². The van der Waals surface area contributed by atoms with Crippen LogP contribution < -0.4 is 0 Å². The molecule has 5 rings (SSSR count). The maximum absolute atomic E-state index is 9.68. The van der Waals surface area contributed by atoms with Gasteiger partial charge in [0, 0.05) is 34.9 Å². The van der Waals surface area contributed by atoms with E-state index in [9.17, 15) is 5.26 Å². The van der Waals surface area contributed by atoms with Crippen LogP contribution in [0.5, 0.6) is 0 Å². The molecule has 0 radical (unpaired) electrons. The SMILES string of the molecule is C=CC(CCC)C1CCC(=C2c3ccccc32)C(=NC(=N)c2ccnc(C3CC3)c2)C1/C=C(\C)C#N. The lowest BCUT2D eigenvalue weighted by molar-refractivity contribution is 0.306. The summed E-state index contributed by atoms with van der Waals surface area (Å²) in [4.78, 5) is 9.61. The first-order chi connectivity index (χ1) is 17.5. The monoisotopic (exact) mass is 474 g/mol. The van der Waals surface area contributed by atoms with E-state index in [2.05, 4.69) is 61.0 Å². The molecule has 3 unspecified atom stereocenters. The molecule has 3 aliphatic rings. The summed E-state index contributed by atoms with van der Waals surface area (Å²) in [5, 5.41) is 18.7. The zero-order chi connectivity index (χ0) is 25.2. The van der Waals surface area contributed by atoms with Crippen molar-refractivity contribution in [2.75, 3.05) is 0 Å². The van der Waals surface area contributed by atoms with E-state index in [1.54, 1.807) is 0 Å². The Kier molecular flexibility index (Phi) is 6.83. The molecule has 0 amide bonds. The van der Waals surface area contributed by atoms with Gasteiger partial charge in [-0.1, -0.05) is 49.8 Å². The zero-order valence-corrected chi connectivity index (χ0v) is 21.3. The summed E-state index contributed by atoms with van der Waals surface area (Å²) in [6.07, 6.45) is 12.4. The highest BCUT2D eigenvalue weighted by Crippen LogP contribution is 2.50. The van der Waals surface area contributed by atoms with E-state index in [1.165, 1.54) is 35.1 Å². The van der Waals surface area contributed by atoms with Crippen molar-refractivity contribution in [3.8, 4) is 6.07 Å². The number of aliphatic imine (C=N–C) groups is 1. The lowest BCUT2D eigenvalue weighted by atomic mass is 9.67. The molecule has 3 aliphatic carbocycles. The second-order valence-corrected chi connectivity index (χ2v) is 10.4. The van der Waals surface area contributed by atoms with Crippen molar-refractivity contribution in [3.63, 3.8) is 0 Å². The van der Waals surface area contributed by atoms with Crippen LogP contribution in [-0.4, -0.2) is 16.5 Å². The molecule has 2 aromatic rings. The van der Waals surface area contributed by atoms with E-state index >= 15 is 0 Å². The molecule has 4 nitrogen and oxygen atoms in total. The highest BCUT2D eigenvalue weighted by Gasteiger charge is 2.40. The Labute approximate surface area is 214 Å². The smallest absolute Gasteiger partial charge is 0.152 e. The van der Waals surface area contributed by atoms with E-state index < -0.39 is 0 Å². The summed E-state index contributed by atoms with van der Waals surface area (Å²) in [5.74, 6) is 1.42. The number of pyridine rings is 1. The molecule has 2 saturated carbocycles. The molecule has 1 N–H and O–H groups in total. The van der Waals surface area contributed by atoms with Crippen LogP contribution in [-0.2, 0) is 0 Å². The zero-order valence-electron chi connectivity index (χ0n) is 21.3. The minimum absolute atomic E-state index is 0.0302. The van der Waals surface area contributed by atoms with Gasteiger partial charge in [-0.2, -0.15) is 5.26 Å². The maximum Gasteiger partial charge on any atom is 0.152 e. The van der Waals surface area contributed by atoms with Gasteiger partial charge in [0.1, 0.15) is 0 Å². The van der Waals surface area contributed by atoms with Gasteiger partial charge in [-0.25, -0.2) is 4.99 Å². The van der Waals surface area contributed by atoms with Crippen LogP contribution in [0.4, 0.5) is 0 Å². The first-order valence-electron chi connectivity index (χ1n) is 13.2. The third-order valence-corrected chi connectivity index (χ3v) is 7.88. The van der Waals surface area contributed by atoms with Gasteiger partial charge in [0.15, 0.2) is 5.84 Å². The molecule has 182 valence electrons. The first-order valence-corrected chi connectivity index (χ1v) is 13.2. The predicted octanol–water partition coefficient (Wildman–Crippen LogP) is 7.64. The van der Waals surface area contributed by atoms with Crippen LogP contribution >= 0.6 is 0 Å². The Morgan fingerprint density at radius 2 is 2.00 bits per heavy atom. The fraction of sp³-hybridized carbons (Fsp3) is 0.375. The average molecular weight is 475 g/mol.